The molecule has 0 fully saturated rings. The number of nitrogens with zero attached hydrogens (tertiary/aromatic N) is 5. The smallest absolute Gasteiger partial charge is 0.176 e. The summed E-state index contributed by atoms with van der Waals surface area (Å²) in [4.78, 5) is 13.5. The predicted molar refractivity (Wildman–Crippen MR) is 93.9 cm³/mol. The van der Waals surface area contributed by atoms with Crippen LogP contribution in [0, 0.1) is 0 Å². The highest BCUT2D eigenvalue weighted by molar-refractivity contribution is 5.58. The summed E-state index contributed by atoms with van der Waals surface area (Å²) in [6.07, 6.45) is 5.48. The minimum absolute atomic E-state index is 0.265. The molecule has 0 amide bonds. The largest absolute Gasteiger partial charge is 0.377 e. The molecule has 1 aromatic carbocycles. The Balaban J connectivity index is 1.42. The van der Waals surface area contributed by atoms with E-state index in [0.29, 0.717) is 6.61 Å². The van der Waals surface area contributed by atoms with Gasteiger partial charge in [0, 0.05) is 25.1 Å². The van der Waals surface area contributed by atoms with Crippen molar-refractivity contribution in [3.63, 3.8) is 0 Å². The van der Waals surface area contributed by atoms with Crippen molar-refractivity contribution in [1.29, 1.82) is 0 Å². The summed E-state index contributed by atoms with van der Waals surface area (Å²) in [6.45, 7) is 1.22. The van der Waals surface area contributed by atoms with Gasteiger partial charge >= 0.3 is 0 Å². The zero-order chi connectivity index (χ0) is 17.1. The van der Waals surface area contributed by atoms with Gasteiger partial charge in [-0.1, -0.05) is 30.3 Å². The van der Waals surface area contributed by atoms with E-state index in [4.69, 9.17) is 4.74 Å². The quantitative estimate of drug-likeness (QED) is 0.770. The minimum atomic E-state index is 0.265. The van der Waals surface area contributed by atoms with Crippen LogP contribution in [0.3, 0.4) is 0 Å². The molecule has 1 aliphatic rings. The molecular formula is C18H20N6O. The standard InChI is InChI=1S/C18H20N6O/c1-25-12-17-22-18-8-7-14(11-24(18)23-17)21-16-10-19-15(9-20-16)13-5-3-2-4-6-13/h2-6,9-10,14H,7-8,11-12H2,1H3,(H,20,21). The second-order valence-corrected chi connectivity index (χ2v) is 6.09. The van der Waals surface area contributed by atoms with E-state index >= 15 is 0 Å². The van der Waals surface area contributed by atoms with Crippen LogP contribution < -0.4 is 5.32 Å². The second-order valence-electron chi connectivity index (χ2n) is 6.09. The zero-order valence-corrected chi connectivity index (χ0v) is 14.1. The molecule has 1 N–H and O–H groups in total. The number of hydrogen-bond donors (Lipinski definition) is 1. The van der Waals surface area contributed by atoms with E-state index in [1.54, 1.807) is 19.5 Å². The van der Waals surface area contributed by atoms with Crippen LogP contribution in [0.5, 0.6) is 0 Å². The van der Waals surface area contributed by atoms with Gasteiger partial charge in [0.2, 0.25) is 0 Å². The first kappa shape index (κ1) is 15.7. The lowest BCUT2D eigenvalue weighted by Gasteiger charge is -2.23. The molecular weight excluding hydrogens is 316 g/mol. The summed E-state index contributed by atoms with van der Waals surface area (Å²) < 4.78 is 7.06. The lowest BCUT2D eigenvalue weighted by molar-refractivity contribution is 0.177. The molecule has 0 saturated carbocycles. The van der Waals surface area contributed by atoms with E-state index in [1.807, 2.05) is 35.0 Å². The molecule has 3 aromatic rings. The summed E-state index contributed by atoms with van der Waals surface area (Å²) in [5.41, 5.74) is 1.94. The van der Waals surface area contributed by atoms with Gasteiger partial charge in [-0.2, -0.15) is 5.10 Å². The Hall–Kier alpha value is -2.80. The van der Waals surface area contributed by atoms with Crippen LogP contribution in [-0.2, 0) is 24.3 Å². The first-order valence-electron chi connectivity index (χ1n) is 8.37. The number of fused-ring (bicyclic) bond motifs is 1. The van der Waals surface area contributed by atoms with Gasteiger partial charge in [0.1, 0.15) is 18.2 Å². The molecule has 0 aliphatic carbocycles. The monoisotopic (exact) mass is 336 g/mol. The van der Waals surface area contributed by atoms with Crippen LogP contribution in [0.15, 0.2) is 42.7 Å². The van der Waals surface area contributed by atoms with Crippen molar-refractivity contribution in [2.24, 2.45) is 0 Å². The molecule has 0 bridgehead atoms. The lowest BCUT2D eigenvalue weighted by Crippen LogP contribution is -2.32. The summed E-state index contributed by atoms with van der Waals surface area (Å²) in [7, 11) is 1.65. The van der Waals surface area contributed by atoms with Crippen LogP contribution in [-0.4, -0.2) is 37.9 Å². The van der Waals surface area contributed by atoms with Crippen LogP contribution in [0.4, 0.5) is 5.82 Å². The number of ether oxygens (including phenoxy) is 1. The van der Waals surface area contributed by atoms with Crippen molar-refractivity contribution in [2.75, 3.05) is 12.4 Å². The average Bonchev–Trinajstić information content (AvgIpc) is 3.05. The van der Waals surface area contributed by atoms with E-state index in [0.717, 1.165) is 48.1 Å². The molecule has 1 unspecified atom stereocenters. The van der Waals surface area contributed by atoms with E-state index in [-0.39, 0.29) is 6.04 Å². The number of anilines is 1. The van der Waals surface area contributed by atoms with E-state index in [9.17, 15) is 0 Å². The first-order chi connectivity index (χ1) is 12.3. The number of rotatable bonds is 5. The third-order valence-corrected chi connectivity index (χ3v) is 4.25. The molecule has 7 nitrogen and oxygen atoms in total. The molecule has 2 aromatic heterocycles. The van der Waals surface area contributed by atoms with Gasteiger partial charge in [0.15, 0.2) is 5.82 Å². The Kier molecular flexibility index (Phi) is 4.39. The zero-order valence-electron chi connectivity index (χ0n) is 14.1. The van der Waals surface area contributed by atoms with Crippen molar-refractivity contribution in [1.82, 2.24) is 24.7 Å². The summed E-state index contributed by atoms with van der Waals surface area (Å²) >= 11 is 0. The van der Waals surface area contributed by atoms with E-state index in [2.05, 4.69) is 25.4 Å². The highest BCUT2D eigenvalue weighted by Crippen LogP contribution is 2.19. The van der Waals surface area contributed by atoms with Crippen LogP contribution >= 0.6 is 0 Å². The fourth-order valence-corrected chi connectivity index (χ4v) is 3.04. The van der Waals surface area contributed by atoms with Crippen molar-refractivity contribution >= 4 is 5.82 Å². The maximum atomic E-state index is 5.10. The fourth-order valence-electron chi connectivity index (χ4n) is 3.04. The molecule has 25 heavy (non-hydrogen) atoms. The maximum absolute atomic E-state index is 5.10. The molecule has 0 saturated heterocycles. The van der Waals surface area contributed by atoms with Gasteiger partial charge < -0.3 is 10.1 Å². The SMILES string of the molecule is COCc1nc2n(n1)CC(Nc1cnc(-c3ccccc3)cn1)CC2. The normalized spacial score (nSPS) is 16.4. The minimum Gasteiger partial charge on any atom is -0.377 e. The molecule has 4 rings (SSSR count). The highest BCUT2D eigenvalue weighted by atomic mass is 16.5. The maximum Gasteiger partial charge on any atom is 0.176 e. The summed E-state index contributed by atoms with van der Waals surface area (Å²) in [6, 6.07) is 10.3. The molecule has 3 heterocycles. The van der Waals surface area contributed by atoms with Crippen LogP contribution in [0.1, 0.15) is 18.1 Å². The Morgan fingerprint density at radius 1 is 1.20 bits per heavy atom. The number of aromatic nitrogens is 5. The Labute approximate surface area is 146 Å². The third kappa shape index (κ3) is 3.51. The lowest BCUT2D eigenvalue weighted by atomic mass is 10.1. The first-order valence-corrected chi connectivity index (χ1v) is 8.37. The third-order valence-electron chi connectivity index (χ3n) is 4.25. The second kappa shape index (κ2) is 6.98. The molecule has 1 aliphatic heterocycles. The fraction of sp³-hybridized carbons (Fsp3) is 0.333. The Morgan fingerprint density at radius 3 is 2.84 bits per heavy atom. The van der Waals surface area contributed by atoms with Gasteiger partial charge in [0.05, 0.1) is 24.6 Å². The van der Waals surface area contributed by atoms with Crippen molar-refractivity contribution in [3.05, 3.63) is 54.4 Å². The van der Waals surface area contributed by atoms with Crippen molar-refractivity contribution < 1.29 is 4.74 Å². The number of methoxy groups -OCH3 is 1. The average molecular weight is 336 g/mol. The van der Waals surface area contributed by atoms with Gasteiger partial charge in [-0.25, -0.2) is 14.6 Å². The van der Waals surface area contributed by atoms with Gasteiger partial charge in [-0.15, -0.1) is 0 Å². The van der Waals surface area contributed by atoms with Gasteiger partial charge in [0.25, 0.3) is 0 Å². The van der Waals surface area contributed by atoms with Crippen LogP contribution in [0.2, 0.25) is 0 Å². The summed E-state index contributed by atoms with van der Waals surface area (Å²) in [5.74, 6) is 2.55. The van der Waals surface area contributed by atoms with Gasteiger partial charge in [-0.3, -0.25) is 4.98 Å². The van der Waals surface area contributed by atoms with E-state index in [1.165, 1.54) is 0 Å². The van der Waals surface area contributed by atoms with Crippen molar-refractivity contribution in [3.8, 4) is 11.3 Å². The Morgan fingerprint density at radius 2 is 2.08 bits per heavy atom. The topological polar surface area (TPSA) is 77.8 Å². The molecule has 7 heteroatoms. The Bertz CT molecular complexity index is 831. The van der Waals surface area contributed by atoms with Crippen LogP contribution in [0.25, 0.3) is 11.3 Å². The summed E-state index contributed by atoms with van der Waals surface area (Å²) in [5, 5.41) is 7.94. The van der Waals surface area contributed by atoms with E-state index < -0.39 is 0 Å². The highest BCUT2D eigenvalue weighted by Gasteiger charge is 2.21. The number of hydrogen-bond acceptors (Lipinski definition) is 6. The van der Waals surface area contributed by atoms with Crippen molar-refractivity contribution in [2.45, 2.75) is 32.0 Å². The van der Waals surface area contributed by atoms with Gasteiger partial charge in [-0.05, 0) is 6.42 Å². The number of aryl methyl sites for hydroxylation is 1. The molecule has 1 atom stereocenters. The molecule has 128 valence electrons. The number of nitrogens with one attached hydrogen (secondary N) is 1. The molecule has 0 radical (unpaired) electrons. The predicted octanol–water partition coefficient (Wildman–Crippen LogP) is 2.31. The molecule has 0 spiro atoms. The number of benzene rings is 1.